The monoisotopic (exact) mass is 271 g/mol. The highest BCUT2D eigenvalue weighted by atomic mass is 16.5. The molecule has 3 aromatic rings. The summed E-state index contributed by atoms with van der Waals surface area (Å²) in [6, 6.07) is 5.80. The average molecular weight is 271 g/mol. The van der Waals surface area contributed by atoms with E-state index in [2.05, 4.69) is 20.5 Å². The molecule has 0 bridgehead atoms. The van der Waals surface area contributed by atoms with E-state index in [4.69, 9.17) is 9.26 Å². The molecule has 1 aliphatic rings. The molecular formula is C13H13N5O2. The Kier molecular flexibility index (Phi) is 2.53. The van der Waals surface area contributed by atoms with E-state index in [1.807, 2.05) is 25.2 Å². The molecule has 0 amide bonds. The van der Waals surface area contributed by atoms with Crippen LogP contribution in [-0.2, 0) is 11.8 Å². The van der Waals surface area contributed by atoms with Crippen molar-refractivity contribution >= 4 is 11.0 Å². The second-order valence-corrected chi connectivity index (χ2v) is 4.87. The van der Waals surface area contributed by atoms with Crippen molar-refractivity contribution in [3.05, 3.63) is 24.1 Å². The van der Waals surface area contributed by atoms with Gasteiger partial charge in [-0.1, -0.05) is 10.4 Å². The molecule has 0 N–H and O–H groups in total. The normalized spacial score (nSPS) is 18.9. The molecule has 3 heterocycles. The summed E-state index contributed by atoms with van der Waals surface area (Å²) in [6.45, 7) is 0.758. The van der Waals surface area contributed by atoms with Gasteiger partial charge < -0.3 is 9.26 Å². The number of ether oxygens (including phenoxy) is 1. The second kappa shape index (κ2) is 4.38. The topological polar surface area (TPSA) is 78.9 Å². The van der Waals surface area contributed by atoms with Gasteiger partial charge in [0.1, 0.15) is 11.6 Å². The summed E-state index contributed by atoms with van der Waals surface area (Å²) >= 11 is 0. The molecule has 1 fully saturated rings. The van der Waals surface area contributed by atoms with Gasteiger partial charge in [0.2, 0.25) is 5.82 Å². The molecule has 1 atom stereocenters. The zero-order valence-electron chi connectivity index (χ0n) is 11.0. The van der Waals surface area contributed by atoms with E-state index in [1.54, 1.807) is 4.68 Å². The van der Waals surface area contributed by atoms with Crippen LogP contribution in [0, 0.1) is 0 Å². The van der Waals surface area contributed by atoms with Gasteiger partial charge in [-0.3, -0.25) is 0 Å². The quantitative estimate of drug-likeness (QED) is 0.708. The van der Waals surface area contributed by atoms with Crippen molar-refractivity contribution in [1.29, 1.82) is 0 Å². The van der Waals surface area contributed by atoms with Crippen molar-refractivity contribution in [3.8, 4) is 11.4 Å². The van der Waals surface area contributed by atoms with Crippen LogP contribution >= 0.6 is 0 Å². The van der Waals surface area contributed by atoms with Crippen LogP contribution in [-0.4, -0.2) is 31.7 Å². The Morgan fingerprint density at radius 1 is 1.35 bits per heavy atom. The van der Waals surface area contributed by atoms with Crippen molar-refractivity contribution in [1.82, 2.24) is 25.1 Å². The van der Waals surface area contributed by atoms with E-state index in [0.717, 1.165) is 36.0 Å². The number of nitrogens with zero attached hydrogens (tertiary/aromatic N) is 5. The van der Waals surface area contributed by atoms with Crippen molar-refractivity contribution in [3.63, 3.8) is 0 Å². The Morgan fingerprint density at radius 2 is 2.30 bits per heavy atom. The lowest BCUT2D eigenvalue weighted by Crippen LogP contribution is -1.95. The first-order valence-electron chi connectivity index (χ1n) is 6.56. The molecule has 7 nitrogen and oxygen atoms in total. The standard InChI is InChI=1S/C13H13N5O2/c1-18-10-5-4-8(7-9(10)15-17-18)12-14-13(20-16-12)11-3-2-6-19-11/h4-5,7,11H,2-3,6H2,1H3. The molecule has 1 saturated heterocycles. The van der Waals surface area contributed by atoms with Crippen molar-refractivity contribution in [2.45, 2.75) is 18.9 Å². The molecule has 2 aromatic heterocycles. The van der Waals surface area contributed by atoms with Gasteiger partial charge in [0.15, 0.2) is 0 Å². The summed E-state index contributed by atoms with van der Waals surface area (Å²) in [4.78, 5) is 4.42. The number of aromatic nitrogens is 5. The van der Waals surface area contributed by atoms with Gasteiger partial charge in [0.25, 0.3) is 5.89 Å². The molecule has 1 aliphatic heterocycles. The average Bonchev–Trinajstić information content (AvgIpc) is 3.18. The molecule has 20 heavy (non-hydrogen) atoms. The van der Waals surface area contributed by atoms with Gasteiger partial charge in [0.05, 0.1) is 5.52 Å². The number of benzene rings is 1. The number of hydrogen-bond donors (Lipinski definition) is 0. The third kappa shape index (κ3) is 1.78. The molecule has 0 saturated carbocycles. The smallest absolute Gasteiger partial charge is 0.256 e. The van der Waals surface area contributed by atoms with E-state index < -0.39 is 0 Å². The molecule has 4 rings (SSSR count). The zero-order chi connectivity index (χ0) is 13.5. The van der Waals surface area contributed by atoms with Crippen molar-refractivity contribution in [2.24, 2.45) is 7.05 Å². The molecule has 0 radical (unpaired) electrons. The molecule has 7 heteroatoms. The lowest BCUT2D eigenvalue weighted by atomic mass is 10.2. The Hall–Kier alpha value is -2.28. The first-order valence-corrected chi connectivity index (χ1v) is 6.56. The Morgan fingerprint density at radius 3 is 3.15 bits per heavy atom. The molecule has 0 spiro atoms. The molecular weight excluding hydrogens is 258 g/mol. The lowest BCUT2D eigenvalue weighted by Gasteiger charge is -2.00. The fourth-order valence-corrected chi connectivity index (χ4v) is 2.44. The van der Waals surface area contributed by atoms with Crippen LogP contribution in [0.25, 0.3) is 22.4 Å². The van der Waals surface area contributed by atoms with Gasteiger partial charge in [-0.05, 0) is 31.0 Å². The second-order valence-electron chi connectivity index (χ2n) is 4.87. The van der Waals surface area contributed by atoms with Crippen LogP contribution in [0.5, 0.6) is 0 Å². The van der Waals surface area contributed by atoms with Gasteiger partial charge in [-0.25, -0.2) is 4.68 Å². The highest BCUT2D eigenvalue weighted by Crippen LogP contribution is 2.29. The highest BCUT2D eigenvalue weighted by Gasteiger charge is 2.24. The van der Waals surface area contributed by atoms with Gasteiger partial charge in [0, 0.05) is 19.2 Å². The highest BCUT2D eigenvalue weighted by molar-refractivity contribution is 5.79. The van der Waals surface area contributed by atoms with E-state index in [1.165, 1.54) is 0 Å². The first kappa shape index (κ1) is 11.5. The number of fused-ring (bicyclic) bond motifs is 1. The minimum atomic E-state index is -0.0588. The van der Waals surface area contributed by atoms with Crippen LogP contribution < -0.4 is 0 Å². The maximum absolute atomic E-state index is 5.54. The predicted molar refractivity (Wildman–Crippen MR) is 69.7 cm³/mol. The predicted octanol–water partition coefficient (Wildman–Crippen LogP) is 1.87. The summed E-state index contributed by atoms with van der Waals surface area (Å²) in [6.07, 6.45) is 1.91. The van der Waals surface area contributed by atoms with E-state index in [9.17, 15) is 0 Å². The fraction of sp³-hybridized carbons (Fsp3) is 0.385. The van der Waals surface area contributed by atoms with Crippen LogP contribution in [0.4, 0.5) is 0 Å². The number of aryl methyl sites for hydroxylation is 1. The van der Waals surface area contributed by atoms with E-state index >= 15 is 0 Å². The van der Waals surface area contributed by atoms with Crippen molar-refractivity contribution < 1.29 is 9.26 Å². The summed E-state index contributed by atoms with van der Waals surface area (Å²) in [5, 5.41) is 12.1. The molecule has 0 aliphatic carbocycles. The summed E-state index contributed by atoms with van der Waals surface area (Å²) in [5.41, 5.74) is 2.65. The fourth-order valence-electron chi connectivity index (χ4n) is 2.44. The minimum Gasteiger partial charge on any atom is -0.368 e. The Bertz CT molecular complexity index is 757. The molecule has 1 unspecified atom stereocenters. The SMILES string of the molecule is Cn1nnc2cc(-c3noc(C4CCCO4)n3)ccc21. The Balaban J connectivity index is 1.71. The number of rotatable bonds is 2. The van der Waals surface area contributed by atoms with Crippen LogP contribution in [0.2, 0.25) is 0 Å². The summed E-state index contributed by atoms with van der Waals surface area (Å²) < 4.78 is 12.6. The Labute approximate surface area is 114 Å². The third-order valence-corrected chi connectivity index (χ3v) is 3.52. The molecule has 102 valence electrons. The van der Waals surface area contributed by atoms with Crippen LogP contribution in [0.3, 0.4) is 0 Å². The first-order chi connectivity index (χ1) is 9.81. The molecule has 1 aromatic carbocycles. The zero-order valence-corrected chi connectivity index (χ0v) is 11.0. The van der Waals surface area contributed by atoms with Gasteiger partial charge in [-0.2, -0.15) is 4.98 Å². The van der Waals surface area contributed by atoms with Crippen LogP contribution in [0.1, 0.15) is 24.8 Å². The van der Waals surface area contributed by atoms with E-state index in [-0.39, 0.29) is 6.10 Å². The summed E-state index contributed by atoms with van der Waals surface area (Å²) in [7, 11) is 1.86. The third-order valence-electron chi connectivity index (χ3n) is 3.52. The van der Waals surface area contributed by atoms with Crippen molar-refractivity contribution in [2.75, 3.05) is 6.61 Å². The largest absolute Gasteiger partial charge is 0.368 e. The lowest BCUT2D eigenvalue weighted by molar-refractivity contribution is 0.0835. The van der Waals surface area contributed by atoms with E-state index in [0.29, 0.717) is 11.7 Å². The van der Waals surface area contributed by atoms with Crippen LogP contribution in [0.15, 0.2) is 22.7 Å². The van der Waals surface area contributed by atoms with Gasteiger partial charge >= 0.3 is 0 Å². The maximum Gasteiger partial charge on any atom is 0.256 e. The number of hydrogen-bond acceptors (Lipinski definition) is 6. The minimum absolute atomic E-state index is 0.0588. The summed E-state index contributed by atoms with van der Waals surface area (Å²) in [5.74, 6) is 1.11. The van der Waals surface area contributed by atoms with Gasteiger partial charge in [-0.15, -0.1) is 5.10 Å². The maximum atomic E-state index is 5.54.